The van der Waals surface area contributed by atoms with Crippen LogP contribution >= 0.6 is 0 Å². The van der Waals surface area contributed by atoms with Crippen LogP contribution in [-0.2, 0) is 9.59 Å². The summed E-state index contributed by atoms with van der Waals surface area (Å²) in [5, 5.41) is 9.43. The molecule has 1 fully saturated rings. The lowest BCUT2D eigenvalue weighted by Gasteiger charge is -2.42. The zero-order valence-corrected chi connectivity index (χ0v) is 11.6. The van der Waals surface area contributed by atoms with Crippen LogP contribution in [0.25, 0.3) is 0 Å². The van der Waals surface area contributed by atoms with Crippen molar-refractivity contribution in [3.63, 3.8) is 0 Å². The molecule has 0 saturated carbocycles. The molecule has 0 bridgehead atoms. The Morgan fingerprint density at radius 1 is 1.30 bits per heavy atom. The fraction of sp³-hybridized carbons (Fsp3) is 0.467. The number of aliphatic carboxylic acids is 1. The number of rotatable bonds is 3. The summed E-state index contributed by atoms with van der Waals surface area (Å²) in [6, 6.07) is 8.23. The Bertz CT molecular complexity index is 503. The first kappa shape index (κ1) is 14.5. The van der Waals surface area contributed by atoms with Gasteiger partial charge in [-0.1, -0.05) is 30.3 Å². The highest BCUT2D eigenvalue weighted by atomic mass is 16.4. The third-order valence-electron chi connectivity index (χ3n) is 4.04. The predicted molar refractivity (Wildman–Crippen MR) is 75.0 cm³/mol. The van der Waals surface area contributed by atoms with Gasteiger partial charge in [-0.25, -0.2) is 4.79 Å². The molecule has 1 aliphatic heterocycles. The van der Waals surface area contributed by atoms with Gasteiger partial charge >= 0.3 is 5.97 Å². The first-order valence-electron chi connectivity index (χ1n) is 6.82. The van der Waals surface area contributed by atoms with Gasteiger partial charge in [0.2, 0.25) is 5.91 Å². The predicted octanol–water partition coefficient (Wildman–Crippen LogP) is 1.54. The number of piperidine rings is 1. The number of nitrogens with two attached hydrogens (primary N) is 1. The molecule has 0 aliphatic carbocycles. The van der Waals surface area contributed by atoms with E-state index in [2.05, 4.69) is 0 Å². The molecule has 1 saturated heterocycles. The van der Waals surface area contributed by atoms with Crippen molar-refractivity contribution < 1.29 is 14.7 Å². The largest absolute Gasteiger partial charge is 0.480 e. The number of likely N-dealkylation sites (tertiary alicyclic amines) is 1. The van der Waals surface area contributed by atoms with Crippen molar-refractivity contribution in [3.05, 3.63) is 35.9 Å². The van der Waals surface area contributed by atoms with Gasteiger partial charge in [-0.2, -0.15) is 0 Å². The molecule has 0 aromatic heterocycles. The van der Waals surface area contributed by atoms with Crippen LogP contribution in [0.2, 0.25) is 0 Å². The summed E-state index contributed by atoms with van der Waals surface area (Å²) in [5.41, 5.74) is 5.56. The van der Waals surface area contributed by atoms with E-state index in [1.54, 1.807) is 19.1 Å². The van der Waals surface area contributed by atoms with E-state index in [-0.39, 0.29) is 5.91 Å². The Morgan fingerprint density at radius 2 is 1.95 bits per heavy atom. The van der Waals surface area contributed by atoms with Gasteiger partial charge in [0, 0.05) is 6.54 Å². The molecule has 0 radical (unpaired) electrons. The van der Waals surface area contributed by atoms with Gasteiger partial charge < -0.3 is 15.7 Å². The summed E-state index contributed by atoms with van der Waals surface area (Å²) >= 11 is 0. The van der Waals surface area contributed by atoms with E-state index in [0.29, 0.717) is 18.5 Å². The number of nitrogens with zero attached hydrogens (tertiary/aromatic N) is 1. The summed E-state index contributed by atoms with van der Waals surface area (Å²) in [5.74, 6) is -1.29. The maximum atomic E-state index is 12.6. The number of carboxylic acid groups (broad SMARTS) is 1. The quantitative estimate of drug-likeness (QED) is 0.877. The molecule has 1 heterocycles. The summed E-state index contributed by atoms with van der Waals surface area (Å²) < 4.78 is 0. The maximum absolute atomic E-state index is 12.6. The summed E-state index contributed by atoms with van der Waals surface area (Å²) in [6.07, 6.45) is 2.10. The zero-order chi connectivity index (χ0) is 14.8. The normalized spacial score (nSPS) is 24.2. The van der Waals surface area contributed by atoms with E-state index in [9.17, 15) is 14.7 Å². The van der Waals surface area contributed by atoms with Gasteiger partial charge in [0.1, 0.15) is 11.6 Å². The summed E-state index contributed by atoms with van der Waals surface area (Å²) in [7, 11) is 0. The molecule has 5 heteroatoms. The second kappa shape index (κ2) is 5.63. The van der Waals surface area contributed by atoms with E-state index >= 15 is 0 Å². The first-order valence-corrected chi connectivity index (χ1v) is 6.82. The first-order chi connectivity index (χ1) is 9.47. The van der Waals surface area contributed by atoms with Crippen molar-refractivity contribution in [1.82, 2.24) is 4.90 Å². The second-order valence-electron chi connectivity index (χ2n) is 5.41. The van der Waals surface area contributed by atoms with Crippen LogP contribution < -0.4 is 5.73 Å². The highest BCUT2D eigenvalue weighted by molar-refractivity contribution is 5.90. The lowest BCUT2D eigenvalue weighted by atomic mass is 9.87. The minimum absolute atomic E-state index is 0.319. The van der Waals surface area contributed by atoms with Crippen molar-refractivity contribution in [1.29, 1.82) is 0 Å². The molecule has 2 unspecified atom stereocenters. The third kappa shape index (κ3) is 2.54. The molecule has 108 valence electrons. The van der Waals surface area contributed by atoms with Gasteiger partial charge in [-0.3, -0.25) is 4.79 Å². The standard InChI is InChI=1S/C15H20N2O3/c1-15(14(19)20)9-5-6-10-17(15)13(18)12(16)11-7-3-2-4-8-11/h2-4,7-8,12H,5-6,9-10,16H2,1H3,(H,19,20). The van der Waals surface area contributed by atoms with Crippen molar-refractivity contribution in [2.75, 3.05) is 6.54 Å². The van der Waals surface area contributed by atoms with Crippen LogP contribution in [0.4, 0.5) is 0 Å². The van der Waals surface area contributed by atoms with Gasteiger partial charge in [0.05, 0.1) is 0 Å². The monoisotopic (exact) mass is 276 g/mol. The summed E-state index contributed by atoms with van der Waals surface area (Å²) in [6.45, 7) is 2.05. The smallest absolute Gasteiger partial charge is 0.329 e. The van der Waals surface area contributed by atoms with Crippen LogP contribution in [-0.4, -0.2) is 34.0 Å². The molecule has 1 aliphatic rings. The Morgan fingerprint density at radius 3 is 2.55 bits per heavy atom. The number of carboxylic acids is 1. The highest BCUT2D eigenvalue weighted by Crippen LogP contribution is 2.30. The molecule has 2 rings (SSSR count). The summed E-state index contributed by atoms with van der Waals surface area (Å²) in [4.78, 5) is 25.5. The molecule has 1 aromatic rings. The SMILES string of the molecule is CC1(C(=O)O)CCCCN1C(=O)C(N)c1ccccc1. The number of hydrogen-bond acceptors (Lipinski definition) is 3. The Hall–Kier alpha value is -1.88. The van der Waals surface area contributed by atoms with E-state index < -0.39 is 17.6 Å². The molecular formula is C15H20N2O3. The molecule has 5 nitrogen and oxygen atoms in total. The molecular weight excluding hydrogens is 256 g/mol. The lowest BCUT2D eigenvalue weighted by Crippen LogP contribution is -2.59. The molecule has 1 aromatic carbocycles. The topological polar surface area (TPSA) is 83.6 Å². The van der Waals surface area contributed by atoms with Gasteiger partial charge in [0.15, 0.2) is 0 Å². The number of carbonyl (C=O) groups is 2. The average Bonchev–Trinajstić information content (AvgIpc) is 2.47. The molecule has 2 atom stereocenters. The third-order valence-corrected chi connectivity index (χ3v) is 4.04. The number of benzene rings is 1. The fourth-order valence-electron chi connectivity index (χ4n) is 2.67. The van der Waals surface area contributed by atoms with E-state index in [1.807, 2.05) is 18.2 Å². The molecule has 3 N–H and O–H groups in total. The van der Waals surface area contributed by atoms with Crippen LogP contribution in [0.3, 0.4) is 0 Å². The minimum Gasteiger partial charge on any atom is -0.480 e. The van der Waals surface area contributed by atoms with E-state index in [1.165, 1.54) is 4.90 Å². The zero-order valence-electron chi connectivity index (χ0n) is 11.6. The minimum atomic E-state index is -1.15. The number of carbonyl (C=O) groups excluding carboxylic acids is 1. The van der Waals surface area contributed by atoms with Gasteiger partial charge in [-0.05, 0) is 31.7 Å². The molecule has 1 amide bonds. The van der Waals surface area contributed by atoms with E-state index in [4.69, 9.17) is 5.73 Å². The van der Waals surface area contributed by atoms with Crippen LogP contribution in [0.15, 0.2) is 30.3 Å². The van der Waals surface area contributed by atoms with Crippen LogP contribution in [0, 0.1) is 0 Å². The van der Waals surface area contributed by atoms with E-state index in [0.717, 1.165) is 12.8 Å². The van der Waals surface area contributed by atoms with Gasteiger partial charge in [0.25, 0.3) is 0 Å². The average molecular weight is 276 g/mol. The maximum Gasteiger partial charge on any atom is 0.329 e. The number of hydrogen-bond donors (Lipinski definition) is 2. The molecule has 0 spiro atoms. The van der Waals surface area contributed by atoms with Gasteiger partial charge in [-0.15, -0.1) is 0 Å². The molecule has 20 heavy (non-hydrogen) atoms. The fourth-order valence-corrected chi connectivity index (χ4v) is 2.67. The van der Waals surface area contributed by atoms with Crippen molar-refractivity contribution in [2.45, 2.75) is 37.8 Å². The van der Waals surface area contributed by atoms with Crippen LogP contribution in [0.5, 0.6) is 0 Å². The lowest BCUT2D eigenvalue weighted by molar-refractivity contribution is -0.161. The van der Waals surface area contributed by atoms with Crippen molar-refractivity contribution >= 4 is 11.9 Å². The second-order valence-corrected chi connectivity index (χ2v) is 5.41. The Labute approximate surface area is 118 Å². The van der Waals surface area contributed by atoms with Crippen molar-refractivity contribution in [2.24, 2.45) is 5.73 Å². The highest BCUT2D eigenvalue weighted by Gasteiger charge is 2.45. The van der Waals surface area contributed by atoms with Crippen molar-refractivity contribution in [3.8, 4) is 0 Å². The Balaban J connectivity index is 2.24. The number of amides is 1. The Kier molecular flexibility index (Phi) is 4.09. The van der Waals surface area contributed by atoms with Crippen LogP contribution in [0.1, 0.15) is 37.8 Å².